The number of aryl methyl sites for hydroxylation is 1. The summed E-state index contributed by atoms with van der Waals surface area (Å²) in [6.45, 7) is 1.89. The molecular formula is C7H8BrNO. The zero-order valence-corrected chi connectivity index (χ0v) is 7.14. The lowest BCUT2D eigenvalue weighted by atomic mass is 10.2. The molecule has 0 spiro atoms. The summed E-state index contributed by atoms with van der Waals surface area (Å²) in [6.07, 6.45) is 0. The number of nitrogen functional groups attached to an aromatic ring is 1. The summed E-state index contributed by atoms with van der Waals surface area (Å²) >= 11 is 3.17. The minimum atomic E-state index is 0.183. The molecule has 10 heavy (non-hydrogen) atoms. The van der Waals surface area contributed by atoms with Crippen molar-refractivity contribution in [3.63, 3.8) is 0 Å². The van der Waals surface area contributed by atoms with E-state index < -0.39 is 0 Å². The molecule has 3 heteroatoms. The van der Waals surface area contributed by atoms with E-state index in [1.54, 1.807) is 6.07 Å². The van der Waals surface area contributed by atoms with Crippen molar-refractivity contribution in [3.8, 4) is 5.75 Å². The molecule has 0 saturated heterocycles. The predicted molar refractivity (Wildman–Crippen MR) is 45.0 cm³/mol. The van der Waals surface area contributed by atoms with E-state index in [0.29, 0.717) is 10.2 Å². The van der Waals surface area contributed by atoms with E-state index in [1.807, 2.05) is 6.92 Å². The van der Waals surface area contributed by atoms with E-state index in [2.05, 4.69) is 15.9 Å². The molecule has 0 radical (unpaired) electrons. The van der Waals surface area contributed by atoms with Crippen LogP contribution in [0.15, 0.2) is 16.6 Å². The van der Waals surface area contributed by atoms with Crippen molar-refractivity contribution in [1.29, 1.82) is 0 Å². The van der Waals surface area contributed by atoms with E-state index in [-0.39, 0.29) is 5.75 Å². The second-order valence-corrected chi connectivity index (χ2v) is 3.01. The van der Waals surface area contributed by atoms with Crippen molar-refractivity contribution >= 4 is 21.6 Å². The van der Waals surface area contributed by atoms with E-state index in [0.717, 1.165) is 5.56 Å². The number of anilines is 1. The van der Waals surface area contributed by atoms with E-state index in [9.17, 15) is 0 Å². The van der Waals surface area contributed by atoms with Gasteiger partial charge in [0.05, 0.1) is 4.47 Å². The number of hydrogen-bond acceptors (Lipinski definition) is 2. The first-order valence-electron chi connectivity index (χ1n) is 2.86. The lowest BCUT2D eigenvalue weighted by molar-refractivity contribution is 0.472. The average molecular weight is 202 g/mol. The van der Waals surface area contributed by atoms with Crippen LogP contribution < -0.4 is 5.73 Å². The molecule has 0 aliphatic heterocycles. The minimum absolute atomic E-state index is 0.183. The van der Waals surface area contributed by atoms with Gasteiger partial charge in [0, 0.05) is 11.8 Å². The summed E-state index contributed by atoms with van der Waals surface area (Å²) in [5.74, 6) is 0.183. The topological polar surface area (TPSA) is 46.2 Å². The van der Waals surface area contributed by atoms with Gasteiger partial charge in [0.25, 0.3) is 0 Å². The van der Waals surface area contributed by atoms with Gasteiger partial charge in [-0.15, -0.1) is 0 Å². The monoisotopic (exact) mass is 201 g/mol. The van der Waals surface area contributed by atoms with Crippen LogP contribution in [0.3, 0.4) is 0 Å². The molecule has 0 aliphatic carbocycles. The quantitative estimate of drug-likeness (QED) is 0.632. The molecule has 3 N–H and O–H groups in total. The highest BCUT2D eigenvalue weighted by Crippen LogP contribution is 2.27. The van der Waals surface area contributed by atoms with Crippen LogP contribution in [-0.4, -0.2) is 5.11 Å². The first-order valence-corrected chi connectivity index (χ1v) is 3.65. The predicted octanol–water partition coefficient (Wildman–Crippen LogP) is 2.05. The maximum atomic E-state index is 9.10. The summed E-state index contributed by atoms with van der Waals surface area (Å²) in [5.41, 5.74) is 7.08. The second-order valence-electron chi connectivity index (χ2n) is 2.16. The normalized spacial score (nSPS) is 9.80. The van der Waals surface area contributed by atoms with Gasteiger partial charge in [0.2, 0.25) is 0 Å². The van der Waals surface area contributed by atoms with Gasteiger partial charge < -0.3 is 10.8 Å². The number of nitrogens with two attached hydrogens (primary N) is 1. The third-order valence-corrected chi connectivity index (χ3v) is 1.97. The number of phenols is 1. The van der Waals surface area contributed by atoms with Crippen LogP contribution in [0, 0.1) is 6.92 Å². The molecule has 0 atom stereocenters. The van der Waals surface area contributed by atoms with Crippen LogP contribution in [0.25, 0.3) is 0 Å². The van der Waals surface area contributed by atoms with E-state index in [1.165, 1.54) is 6.07 Å². The van der Waals surface area contributed by atoms with Gasteiger partial charge in [0.1, 0.15) is 5.75 Å². The lowest BCUT2D eigenvalue weighted by Crippen LogP contribution is -1.88. The minimum Gasteiger partial charge on any atom is -0.507 e. The molecule has 0 aromatic heterocycles. The number of phenolic OH excluding ortho intramolecular Hbond substituents is 1. The number of benzene rings is 1. The van der Waals surface area contributed by atoms with Crippen LogP contribution in [0.4, 0.5) is 5.69 Å². The van der Waals surface area contributed by atoms with Crippen molar-refractivity contribution in [3.05, 3.63) is 22.2 Å². The Morgan fingerprint density at radius 3 is 2.60 bits per heavy atom. The summed E-state index contributed by atoms with van der Waals surface area (Å²) in [6, 6.07) is 3.31. The van der Waals surface area contributed by atoms with Crippen LogP contribution in [0.5, 0.6) is 5.75 Å². The van der Waals surface area contributed by atoms with Crippen molar-refractivity contribution in [2.75, 3.05) is 5.73 Å². The fourth-order valence-corrected chi connectivity index (χ4v) is 1.14. The zero-order valence-electron chi connectivity index (χ0n) is 5.56. The number of aromatic hydroxyl groups is 1. The van der Waals surface area contributed by atoms with Gasteiger partial charge in [-0.3, -0.25) is 0 Å². The van der Waals surface area contributed by atoms with Crippen molar-refractivity contribution in [2.24, 2.45) is 0 Å². The molecule has 1 rings (SSSR count). The highest BCUT2D eigenvalue weighted by Gasteiger charge is 1.99. The molecule has 0 aliphatic rings. The van der Waals surface area contributed by atoms with Gasteiger partial charge in [-0.2, -0.15) is 0 Å². The Bertz CT molecular complexity index is 210. The SMILES string of the molecule is Cc1cc(Br)c(O)cc1N. The van der Waals surface area contributed by atoms with Gasteiger partial charge in [-0.1, -0.05) is 0 Å². The van der Waals surface area contributed by atoms with E-state index in [4.69, 9.17) is 10.8 Å². The Morgan fingerprint density at radius 1 is 1.50 bits per heavy atom. The molecule has 0 fully saturated rings. The lowest BCUT2D eigenvalue weighted by Gasteiger charge is -2.01. The van der Waals surface area contributed by atoms with Crippen LogP contribution in [0.2, 0.25) is 0 Å². The van der Waals surface area contributed by atoms with Crippen LogP contribution in [-0.2, 0) is 0 Å². The average Bonchev–Trinajstić information content (AvgIpc) is 1.84. The van der Waals surface area contributed by atoms with Gasteiger partial charge in [0.15, 0.2) is 0 Å². The van der Waals surface area contributed by atoms with Crippen LogP contribution in [0.1, 0.15) is 5.56 Å². The van der Waals surface area contributed by atoms with Crippen molar-refractivity contribution in [2.45, 2.75) is 6.92 Å². The molecule has 54 valence electrons. The van der Waals surface area contributed by atoms with Gasteiger partial charge in [-0.25, -0.2) is 0 Å². The van der Waals surface area contributed by atoms with Crippen LogP contribution >= 0.6 is 15.9 Å². The molecule has 2 nitrogen and oxygen atoms in total. The number of rotatable bonds is 0. The standard InChI is InChI=1S/C7H8BrNO/c1-4-2-5(8)7(10)3-6(4)9/h2-3,10H,9H2,1H3. The fourth-order valence-electron chi connectivity index (χ4n) is 0.677. The Kier molecular flexibility index (Phi) is 1.85. The molecule has 0 bridgehead atoms. The maximum Gasteiger partial charge on any atom is 0.131 e. The highest BCUT2D eigenvalue weighted by atomic mass is 79.9. The molecule has 1 aromatic carbocycles. The third kappa shape index (κ3) is 1.24. The Labute approximate surface area is 67.8 Å². The second kappa shape index (κ2) is 2.50. The summed E-state index contributed by atoms with van der Waals surface area (Å²) in [5, 5.41) is 9.10. The Morgan fingerprint density at radius 2 is 2.10 bits per heavy atom. The summed E-state index contributed by atoms with van der Waals surface area (Å²) < 4.78 is 0.680. The Hall–Kier alpha value is -0.700. The Balaban J connectivity index is 3.28. The number of hydrogen-bond donors (Lipinski definition) is 2. The summed E-state index contributed by atoms with van der Waals surface area (Å²) in [7, 11) is 0. The molecule has 1 aromatic rings. The highest BCUT2D eigenvalue weighted by molar-refractivity contribution is 9.10. The number of halogens is 1. The van der Waals surface area contributed by atoms with Crippen molar-refractivity contribution in [1.82, 2.24) is 0 Å². The first-order chi connectivity index (χ1) is 4.61. The molecule has 0 amide bonds. The van der Waals surface area contributed by atoms with Gasteiger partial charge >= 0.3 is 0 Å². The molecule has 0 unspecified atom stereocenters. The smallest absolute Gasteiger partial charge is 0.131 e. The third-order valence-electron chi connectivity index (χ3n) is 1.34. The largest absolute Gasteiger partial charge is 0.507 e. The molecule has 0 saturated carbocycles. The first kappa shape index (κ1) is 7.41. The molecular weight excluding hydrogens is 194 g/mol. The van der Waals surface area contributed by atoms with Crippen molar-refractivity contribution < 1.29 is 5.11 Å². The molecule has 0 heterocycles. The van der Waals surface area contributed by atoms with E-state index >= 15 is 0 Å². The fraction of sp³-hybridized carbons (Fsp3) is 0.143. The summed E-state index contributed by atoms with van der Waals surface area (Å²) in [4.78, 5) is 0. The maximum absolute atomic E-state index is 9.10. The zero-order chi connectivity index (χ0) is 7.72. The van der Waals surface area contributed by atoms with Gasteiger partial charge in [-0.05, 0) is 34.5 Å².